The molecule has 0 heterocycles. The van der Waals surface area contributed by atoms with Gasteiger partial charge in [-0.15, -0.1) is 0 Å². The smallest absolute Gasteiger partial charge is 0.0949 e. The SMILES string of the molecule is C=C=C=C=C=C=C=C=C=C=C=C=C=C=C=C=C=C=C[C@H](O)[C@H](C)N.[HH].[HH].[HH].[HH].[HH].[HH].[HH].[HH].[HH].[HH].[HH].[HH].[HH].[HH].[HH].[HH].[HH].[HH].[HH]. The van der Waals surface area contributed by atoms with Crippen LogP contribution in [-0.2, 0) is 0 Å². The number of aliphatic hydroxyl groups is 1. The van der Waals surface area contributed by atoms with Gasteiger partial charge in [0.15, 0.2) is 0 Å². The molecule has 0 aliphatic carbocycles. The average molecular weight is 344 g/mol. The number of aliphatic hydroxyl groups excluding tert-OH is 1. The molecule has 3 N–H and O–H groups in total. The molecule has 0 unspecified atom stereocenters. The summed E-state index contributed by atoms with van der Waals surface area (Å²) in [7, 11) is 0. The van der Waals surface area contributed by atoms with Crippen LogP contribution in [0.15, 0.2) is 110 Å². The first kappa shape index (κ1) is 19.9. The Bertz CT molecular complexity index is 1150. The summed E-state index contributed by atoms with van der Waals surface area (Å²) in [4.78, 5) is 0. The van der Waals surface area contributed by atoms with E-state index >= 15 is 0 Å². The van der Waals surface area contributed by atoms with E-state index in [-0.39, 0.29) is 33.1 Å². The van der Waals surface area contributed by atoms with Crippen LogP contribution in [0.4, 0.5) is 0 Å². The van der Waals surface area contributed by atoms with Gasteiger partial charge in [0, 0.05) is 33.1 Å². The van der Waals surface area contributed by atoms with E-state index in [1.54, 1.807) is 6.92 Å². The lowest BCUT2D eigenvalue weighted by molar-refractivity contribution is 0.198. The Morgan fingerprint density at radius 2 is 1.08 bits per heavy atom. The summed E-state index contributed by atoms with van der Waals surface area (Å²) >= 11 is 0. The van der Waals surface area contributed by atoms with Gasteiger partial charge in [-0.3, -0.25) is 0 Å². The lowest BCUT2D eigenvalue weighted by Gasteiger charge is -2.06. The molecule has 0 aliphatic heterocycles. The van der Waals surface area contributed by atoms with Gasteiger partial charge in [0.25, 0.3) is 0 Å². The first-order chi connectivity index (χ1) is 11.7. The van der Waals surface area contributed by atoms with E-state index in [1.165, 1.54) is 6.08 Å². The fraction of sp³-hybridized carbons (Fsp3) is 0.136. The second-order valence-electron chi connectivity index (χ2n) is 3.71. The Kier molecular flexibility index (Phi) is 12.7. The minimum Gasteiger partial charge on any atom is -0.387 e. The third-order valence-corrected chi connectivity index (χ3v) is 1.83. The maximum absolute atomic E-state index is 9.33. The van der Waals surface area contributed by atoms with E-state index in [9.17, 15) is 5.11 Å². The maximum atomic E-state index is 9.33. The summed E-state index contributed by atoms with van der Waals surface area (Å²) in [6.07, 6.45) is 0.598. The van der Waals surface area contributed by atoms with Crippen LogP contribution in [0.2, 0.25) is 0 Å². The Morgan fingerprint density at radius 1 is 0.750 bits per heavy atom. The van der Waals surface area contributed by atoms with E-state index < -0.39 is 6.10 Å². The van der Waals surface area contributed by atoms with Crippen molar-refractivity contribution >= 4 is 0 Å². The molecule has 0 aliphatic rings. The summed E-state index contributed by atoms with van der Waals surface area (Å²) < 4.78 is 0. The lowest BCUT2D eigenvalue weighted by Crippen LogP contribution is -2.29. The second-order valence-corrected chi connectivity index (χ2v) is 3.71. The highest BCUT2D eigenvalue weighted by Gasteiger charge is 2.02. The van der Waals surface area contributed by atoms with E-state index in [2.05, 4.69) is 104 Å². The lowest BCUT2D eigenvalue weighted by atomic mass is 10.2. The second kappa shape index (κ2) is 15.3. The first-order valence-electron chi connectivity index (χ1n) is 6.48. The normalized spacial score (nSPS) is 8.12. The van der Waals surface area contributed by atoms with Gasteiger partial charge in [-0.2, -0.15) is 0 Å². The highest BCUT2D eigenvalue weighted by molar-refractivity contribution is 4.95. The van der Waals surface area contributed by atoms with Crippen molar-refractivity contribution < 1.29 is 32.2 Å². The molecule has 0 aromatic rings. The van der Waals surface area contributed by atoms with Crippen LogP contribution in [-0.4, -0.2) is 17.3 Å². The molecule has 0 bridgehead atoms. The summed E-state index contributed by atoms with van der Waals surface area (Å²) in [6, 6.07) is -0.371. The van der Waals surface area contributed by atoms with Crippen LogP contribution in [0, 0.1) is 0 Å². The van der Waals surface area contributed by atoms with Gasteiger partial charge >= 0.3 is 0 Å². The van der Waals surface area contributed by atoms with Gasteiger partial charge in [-0.05, 0) is 106 Å². The molecular weight excluding hydrogens is 294 g/mol. The van der Waals surface area contributed by atoms with Crippen molar-refractivity contribution in [1.29, 1.82) is 0 Å². The zero-order valence-corrected chi connectivity index (χ0v) is 13.0. The predicted molar refractivity (Wildman–Crippen MR) is 130 cm³/mol. The fourth-order valence-corrected chi connectivity index (χ4v) is 0.765. The van der Waals surface area contributed by atoms with E-state index in [4.69, 9.17) is 5.73 Å². The minimum absolute atomic E-state index is 0. The van der Waals surface area contributed by atoms with Crippen LogP contribution >= 0.6 is 0 Å². The quantitative estimate of drug-likeness (QED) is 0.521. The molecule has 0 rings (SSSR count). The van der Waals surface area contributed by atoms with Crippen LogP contribution in [0.5, 0.6) is 0 Å². The molecule has 2 atom stereocenters. The molecule has 0 amide bonds. The molecule has 0 spiro atoms. The molecule has 0 aromatic heterocycles. The largest absolute Gasteiger partial charge is 0.387 e. The van der Waals surface area contributed by atoms with Gasteiger partial charge in [0.1, 0.15) is 0 Å². The summed E-state index contributed by atoms with van der Waals surface area (Å²) in [6.45, 7) is 4.98. The van der Waals surface area contributed by atoms with Crippen molar-refractivity contribution in [2.45, 2.75) is 19.1 Å². The van der Waals surface area contributed by atoms with E-state index in [0.29, 0.717) is 0 Å². The third kappa shape index (κ3) is 14.3. The molecule has 0 saturated heterocycles. The maximum Gasteiger partial charge on any atom is 0.0949 e. The molecule has 24 heavy (non-hydrogen) atoms. The van der Waals surface area contributed by atoms with Crippen molar-refractivity contribution in [2.24, 2.45) is 5.73 Å². The Balaban J connectivity index is -0.0000000155. The standard InChI is InChI=1S/C22H11NO.19H2/c1-3-4-5-6-7-8-9-10-11-12-13-14-15-16-17-18-19-20-22(24)21(2)23;;;;;;;;;;;;;;;;;;;/h20-22,24H,1,23H2,2H3;19*1H/t21-,22-;;;;;;;;;;;;;;;;;;;/m0.................../s1. The van der Waals surface area contributed by atoms with Crippen LogP contribution in [0.3, 0.4) is 0 Å². The Morgan fingerprint density at radius 3 is 1.42 bits per heavy atom. The zero-order valence-electron chi connectivity index (χ0n) is 13.0. The van der Waals surface area contributed by atoms with E-state index in [1.807, 2.05) is 0 Å². The summed E-state index contributed by atoms with van der Waals surface area (Å²) in [5.41, 5.74) is 47.6. The number of nitrogens with two attached hydrogens (primary N) is 1. The third-order valence-electron chi connectivity index (χ3n) is 1.83. The van der Waals surface area contributed by atoms with Crippen molar-refractivity contribution in [3.8, 4) is 0 Å². The van der Waals surface area contributed by atoms with Gasteiger partial charge in [0.2, 0.25) is 0 Å². The predicted octanol–water partition coefficient (Wildman–Crippen LogP) is 7.19. The molecule has 2 heteroatoms. The molecule has 0 aromatic carbocycles. The molecule has 0 fully saturated rings. The minimum atomic E-state index is -0.775. The molecule has 0 radical (unpaired) electrons. The molecule has 148 valence electrons. The molecule has 0 saturated carbocycles. The highest BCUT2D eigenvalue weighted by Crippen LogP contribution is 1.88. The van der Waals surface area contributed by atoms with Crippen LogP contribution < -0.4 is 5.73 Å². The van der Waals surface area contributed by atoms with Crippen molar-refractivity contribution in [2.75, 3.05) is 0 Å². The molecular formula is C22H49NO. The van der Waals surface area contributed by atoms with Gasteiger partial charge in [-0.25, -0.2) is 0 Å². The van der Waals surface area contributed by atoms with Gasteiger partial charge < -0.3 is 10.8 Å². The number of hydrogen-bond donors (Lipinski definition) is 2. The number of rotatable bonds is 2. The summed E-state index contributed by atoms with van der Waals surface area (Å²) in [5.74, 6) is 0. The zero-order chi connectivity index (χ0) is 17.9. The number of hydrogen-bond acceptors (Lipinski definition) is 2. The fourth-order valence-electron chi connectivity index (χ4n) is 0.765. The van der Waals surface area contributed by atoms with Crippen LogP contribution in [0.1, 0.15) is 34.0 Å². The van der Waals surface area contributed by atoms with Crippen LogP contribution in [0.25, 0.3) is 0 Å². The average Bonchev–Trinajstić information content (AvgIpc) is 2.57. The molecule has 2 nitrogen and oxygen atoms in total. The van der Waals surface area contributed by atoms with Crippen molar-refractivity contribution in [3.05, 3.63) is 110 Å². The Labute approximate surface area is 168 Å². The van der Waals surface area contributed by atoms with E-state index in [0.717, 1.165) is 0 Å². The monoisotopic (exact) mass is 343 g/mol. The highest BCUT2D eigenvalue weighted by atomic mass is 16.3. The summed E-state index contributed by atoms with van der Waals surface area (Å²) in [5, 5.41) is 9.33. The van der Waals surface area contributed by atoms with Crippen molar-refractivity contribution in [3.63, 3.8) is 0 Å². The topological polar surface area (TPSA) is 46.2 Å². The van der Waals surface area contributed by atoms with Crippen molar-refractivity contribution in [1.82, 2.24) is 0 Å². The first-order valence-corrected chi connectivity index (χ1v) is 6.48. The Hall–Kier alpha value is -4.08. The van der Waals surface area contributed by atoms with Gasteiger partial charge in [0.05, 0.1) is 6.10 Å². The van der Waals surface area contributed by atoms with Gasteiger partial charge in [-0.1, -0.05) is 11.5 Å².